The van der Waals surface area contributed by atoms with Crippen LogP contribution in [0.3, 0.4) is 0 Å². The fraction of sp³-hybridized carbons (Fsp3) is 0.267. The van der Waals surface area contributed by atoms with Gasteiger partial charge in [0, 0.05) is 17.7 Å². The molecule has 0 aliphatic heterocycles. The lowest BCUT2D eigenvalue weighted by atomic mass is 10.1. The van der Waals surface area contributed by atoms with E-state index in [4.69, 9.17) is 4.74 Å². The van der Waals surface area contributed by atoms with Gasteiger partial charge in [-0.05, 0) is 26.0 Å². The molecule has 2 aromatic heterocycles. The van der Waals surface area contributed by atoms with E-state index in [0.29, 0.717) is 23.7 Å². The minimum absolute atomic E-state index is 0.293. The molecule has 0 spiro atoms. The Kier molecular flexibility index (Phi) is 3.54. The van der Waals surface area contributed by atoms with Gasteiger partial charge in [0.2, 0.25) is 0 Å². The Bertz CT molecular complexity index is 839. The Morgan fingerprint density at radius 2 is 1.95 bits per heavy atom. The number of nitrogens with one attached hydrogen (secondary N) is 2. The molecule has 114 valence electrons. The SMILES string of the molecule is COc1ccccc1-n1c(Cc2c(C)n[nH]c2C)n[nH]c1=O. The number of ether oxygens (including phenoxy) is 1. The minimum Gasteiger partial charge on any atom is -0.495 e. The van der Waals surface area contributed by atoms with Crippen LogP contribution in [0.4, 0.5) is 0 Å². The summed E-state index contributed by atoms with van der Waals surface area (Å²) < 4.78 is 6.87. The van der Waals surface area contributed by atoms with E-state index in [0.717, 1.165) is 17.0 Å². The normalized spacial score (nSPS) is 10.9. The molecule has 7 heteroatoms. The summed E-state index contributed by atoms with van der Waals surface area (Å²) in [5, 5.41) is 13.8. The molecule has 2 N–H and O–H groups in total. The van der Waals surface area contributed by atoms with Crippen molar-refractivity contribution in [1.29, 1.82) is 0 Å². The topological polar surface area (TPSA) is 88.6 Å². The highest BCUT2D eigenvalue weighted by atomic mass is 16.5. The van der Waals surface area contributed by atoms with Crippen LogP contribution in [-0.2, 0) is 6.42 Å². The number of rotatable bonds is 4. The fourth-order valence-corrected chi connectivity index (χ4v) is 2.50. The van der Waals surface area contributed by atoms with Crippen LogP contribution >= 0.6 is 0 Å². The molecule has 0 bridgehead atoms. The van der Waals surface area contributed by atoms with Crippen molar-refractivity contribution in [1.82, 2.24) is 25.0 Å². The number of H-pyrrole nitrogens is 2. The van der Waals surface area contributed by atoms with Crippen LogP contribution in [0.5, 0.6) is 5.75 Å². The van der Waals surface area contributed by atoms with Gasteiger partial charge in [-0.2, -0.15) is 10.2 Å². The van der Waals surface area contributed by atoms with E-state index >= 15 is 0 Å². The van der Waals surface area contributed by atoms with E-state index in [9.17, 15) is 4.79 Å². The maximum Gasteiger partial charge on any atom is 0.348 e. The molecule has 0 radical (unpaired) electrons. The van der Waals surface area contributed by atoms with Crippen LogP contribution in [0.25, 0.3) is 5.69 Å². The minimum atomic E-state index is -0.293. The summed E-state index contributed by atoms with van der Waals surface area (Å²) in [6.07, 6.45) is 0.505. The van der Waals surface area contributed by atoms with Crippen LogP contribution < -0.4 is 10.4 Å². The standard InChI is InChI=1S/C15H17N5O2/c1-9-11(10(2)17-16-9)8-14-18-19-15(21)20(14)12-6-4-5-7-13(12)22-3/h4-7H,8H2,1-3H3,(H,16,17)(H,19,21). The van der Waals surface area contributed by atoms with Crippen LogP contribution in [0.15, 0.2) is 29.1 Å². The number of aromatic amines is 2. The highest BCUT2D eigenvalue weighted by Crippen LogP contribution is 2.23. The second-order valence-electron chi connectivity index (χ2n) is 5.04. The van der Waals surface area contributed by atoms with E-state index < -0.39 is 0 Å². The molecular formula is C15H17N5O2. The molecule has 0 fully saturated rings. The second-order valence-corrected chi connectivity index (χ2v) is 5.04. The summed E-state index contributed by atoms with van der Waals surface area (Å²) in [6.45, 7) is 3.88. The predicted octanol–water partition coefficient (Wildman–Crippen LogP) is 1.50. The first-order valence-corrected chi connectivity index (χ1v) is 6.92. The Labute approximate surface area is 127 Å². The fourth-order valence-electron chi connectivity index (χ4n) is 2.50. The number of hydrogen-bond donors (Lipinski definition) is 2. The van der Waals surface area contributed by atoms with Gasteiger partial charge in [-0.3, -0.25) is 5.10 Å². The maximum absolute atomic E-state index is 12.2. The third-order valence-electron chi connectivity index (χ3n) is 3.68. The molecule has 1 aromatic carbocycles. The molecular weight excluding hydrogens is 282 g/mol. The molecule has 2 heterocycles. The van der Waals surface area contributed by atoms with E-state index in [1.165, 1.54) is 4.57 Å². The molecule has 0 aliphatic rings. The van der Waals surface area contributed by atoms with Crippen molar-refractivity contribution >= 4 is 0 Å². The molecule has 3 rings (SSSR count). The van der Waals surface area contributed by atoms with Gasteiger partial charge in [0.25, 0.3) is 0 Å². The van der Waals surface area contributed by atoms with Crippen LogP contribution in [-0.4, -0.2) is 32.1 Å². The van der Waals surface area contributed by atoms with E-state index in [-0.39, 0.29) is 5.69 Å². The highest BCUT2D eigenvalue weighted by Gasteiger charge is 2.17. The number of nitrogens with zero attached hydrogens (tertiary/aromatic N) is 3. The molecule has 0 unspecified atom stereocenters. The third kappa shape index (κ3) is 2.30. The van der Waals surface area contributed by atoms with E-state index in [1.807, 2.05) is 38.1 Å². The Morgan fingerprint density at radius 1 is 1.18 bits per heavy atom. The van der Waals surface area contributed by atoms with Crippen molar-refractivity contribution in [3.63, 3.8) is 0 Å². The number of para-hydroxylation sites is 2. The van der Waals surface area contributed by atoms with Gasteiger partial charge in [0.15, 0.2) is 0 Å². The van der Waals surface area contributed by atoms with E-state index in [2.05, 4.69) is 20.4 Å². The number of hydrogen-bond acceptors (Lipinski definition) is 4. The zero-order valence-corrected chi connectivity index (χ0v) is 12.7. The summed E-state index contributed by atoms with van der Waals surface area (Å²) in [6, 6.07) is 7.36. The highest BCUT2D eigenvalue weighted by molar-refractivity contribution is 5.47. The number of aromatic nitrogens is 5. The molecule has 7 nitrogen and oxygen atoms in total. The predicted molar refractivity (Wildman–Crippen MR) is 81.6 cm³/mol. The van der Waals surface area contributed by atoms with Crippen molar-refractivity contribution in [2.24, 2.45) is 0 Å². The zero-order chi connectivity index (χ0) is 15.7. The number of methoxy groups -OCH3 is 1. The first-order valence-electron chi connectivity index (χ1n) is 6.92. The first kappa shape index (κ1) is 14.1. The number of aryl methyl sites for hydroxylation is 2. The van der Waals surface area contributed by atoms with Crippen LogP contribution in [0.2, 0.25) is 0 Å². The van der Waals surface area contributed by atoms with Gasteiger partial charge in [-0.1, -0.05) is 12.1 Å². The average molecular weight is 299 g/mol. The maximum atomic E-state index is 12.2. The lowest BCUT2D eigenvalue weighted by Crippen LogP contribution is -2.18. The Balaban J connectivity index is 2.11. The summed E-state index contributed by atoms with van der Waals surface area (Å²) in [5.41, 5.74) is 3.28. The molecule has 0 atom stereocenters. The van der Waals surface area contributed by atoms with Crippen molar-refractivity contribution in [2.75, 3.05) is 7.11 Å². The summed E-state index contributed by atoms with van der Waals surface area (Å²) in [4.78, 5) is 12.2. The second kappa shape index (κ2) is 5.51. The van der Waals surface area contributed by atoms with Crippen molar-refractivity contribution in [2.45, 2.75) is 20.3 Å². The summed E-state index contributed by atoms with van der Waals surface area (Å²) in [5.74, 6) is 1.23. The summed E-state index contributed by atoms with van der Waals surface area (Å²) >= 11 is 0. The molecule has 22 heavy (non-hydrogen) atoms. The zero-order valence-electron chi connectivity index (χ0n) is 12.7. The lowest BCUT2D eigenvalue weighted by molar-refractivity contribution is 0.412. The molecule has 0 aliphatic carbocycles. The quantitative estimate of drug-likeness (QED) is 0.764. The Morgan fingerprint density at radius 3 is 2.64 bits per heavy atom. The Hall–Kier alpha value is -2.83. The third-order valence-corrected chi connectivity index (χ3v) is 3.68. The van der Waals surface area contributed by atoms with Crippen molar-refractivity contribution in [3.05, 3.63) is 57.5 Å². The van der Waals surface area contributed by atoms with Gasteiger partial charge in [-0.15, -0.1) is 0 Å². The molecule has 0 saturated heterocycles. The van der Waals surface area contributed by atoms with Gasteiger partial charge in [0.05, 0.1) is 18.5 Å². The van der Waals surface area contributed by atoms with Crippen molar-refractivity contribution < 1.29 is 4.74 Å². The molecule has 3 aromatic rings. The number of benzene rings is 1. The monoisotopic (exact) mass is 299 g/mol. The van der Waals surface area contributed by atoms with Gasteiger partial charge >= 0.3 is 5.69 Å². The van der Waals surface area contributed by atoms with E-state index in [1.54, 1.807) is 7.11 Å². The molecule has 0 saturated carbocycles. The van der Waals surface area contributed by atoms with Crippen LogP contribution in [0.1, 0.15) is 22.8 Å². The molecule has 0 amide bonds. The van der Waals surface area contributed by atoms with Gasteiger partial charge in [-0.25, -0.2) is 14.5 Å². The van der Waals surface area contributed by atoms with Crippen LogP contribution in [0, 0.1) is 13.8 Å². The first-order chi connectivity index (χ1) is 10.6. The van der Waals surface area contributed by atoms with Gasteiger partial charge in [0.1, 0.15) is 11.6 Å². The van der Waals surface area contributed by atoms with Gasteiger partial charge < -0.3 is 4.74 Å². The van der Waals surface area contributed by atoms with Crippen molar-refractivity contribution in [3.8, 4) is 11.4 Å². The lowest BCUT2D eigenvalue weighted by Gasteiger charge is -2.10. The summed E-state index contributed by atoms with van der Waals surface area (Å²) in [7, 11) is 1.58. The largest absolute Gasteiger partial charge is 0.495 e. The average Bonchev–Trinajstić information content (AvgIpc) is 3.04. The smallest absolute Gasteiger partial charge is 0.348 e.